The van der Waals surface area contributed by atoms with E-state index in [1.807, 2.05) is 24.3 Å². The number of rotatable bonds is 8. The van der Waals surface area contributed by atoms with Gasteiger partial charge < -0.3 is 15.4 Å². The van der Waals surface area contributed by atoms with Gasteiger partial charge in [0.2, 0.25) is 11.8 Å². The molecule has 0 aliphatic heterocycles. The van der Waals surface area contributed by atoms with Gasteiger partial charge in [-0.25, -0.2) is 8.78 Å². The van der Waals surface area contributed by atoms with Crippen LogP contribution in [0.3, 0.4) is 0 Å². The van der Waals surface area contributed by atoms with E-state index >= 15 is 0 Å². The monoisotopic (exact) mass is 377 g/mol. The Balaban J connectivity index is 1.77. The fourth-order valence-corrected chi connectivity index (χ4v) is 2.44. The van der Waals surface area contributed by atoms with Gasteiger partial charge in [0.1, 0.15) is 5.75 Å². The van der Waals surface area contributed by atoms with Crippen molar-refractivity contribution in [3.05, 3.63) is 59.7 Å². The lowest BCUT2D eigenvalue weighted by Crippen LogP contribution is -2.39. The van der Waals surface area contributed by atoms with Crippen molar-refractivity contribution in [3.63, 3.8) is 0 Å². The second kappa shape index (κ2) is 9.63. The lowest BCUT2D eigenvalue weighted by molar-refractivity contribution is -0.124. The number of amides is 2. The largest absolute Gasteiger partial charge is 0.496 e. The van der Waals surface area contributed by atoms with Crippen LogP contribution >= 0.6 is 0 Å². The third kappa shape index (κ3) is 6.34. The van der Waals surface area contributed by atoms with Crippen LogP contribution in [0.25, 0.3) is 0 Å². The van der Waals surface area contributed by atoms with Gasteiger partial charge >= 0.3 is 0 Å². The molecular formula is C19H21F2N3O3. The highest BCUT2D eigenvalue weighted by Gasteiger charge is 2.12. The zero-order valence-corrected chi connectivity index (χ0v) is 15.1. The van der Waals surface area contributed by atoms with Crippen molar-refractivity contribution in [3.8, 4) is 5.75 Å². The average molecular weight is 377 g/mol. The van der Waals surface area contributed by atoms with E-state index in [4.69, 9.17) is 4.74 Å². The summed E-state index contributed by atoms with van der Waals surface area (Å²) in [5.74, 6) is -2.21. The van der Waals surface area contributed by atoms with E-state index in [0.717, 1.165) is 23.4 Å². The van der Waals surface area contributed by atoms with Crippen LogP contribution in [-0.4, -0.2) is 44.0 Å². The van der Waals surface area contributed by atoms with E-state index in [-0.39, 0.29) is 24.7 Å². The molecule has 0 saturated carbocycles. The first-order valence-corrected chi connectivity index (χ1v) is 8.21. The molecule has 0 bridgehead atoms. The van der Waals surface area contributed by atoms with Gasteiger partial charge in [0.05, 0.1) is 20.2 Å². The van der Waals surface area contributed by atoms with E-state index in [0.29, 0.717) is 6.54 Å². The number of hydrogen-bond donors (Lipinski definition) is 2. The van der Waals surface area contributed by atoms with Crippen molar-refractivity contribution in [2.24, 2.45) is 0 Å². The third-order valence-electron chi connectivity index (χ3n) is 3.70. The molecule has 0 unspecified atom stereocenters. The number of carbonyl (C=O) groups excluding carboxylic acids is 2. The molecule has 8 heteroatoms. The summed E-state index contributed by atoms with van der Waals surface area (Å²) in [5, 5.41) is 4.87. The number of methoxy groups -OCH3 is 1. The Hall–Kier alpha value is -3.00. The Kier molecular flexibility index (Phi) is 7.25. The molecule has 0 aliphatic rings. The van der Waals surface area contributed by atoms with Gasteiger partial charge in [0, 0.05) is 23.9 Å². The molecule has 0 radical (unpaired) electrons. The number of nitrogens with zero attached hydrogens (tertiary/aromatic N) is 1. The molecule has 0 atom stereocenters. The highest BCUT2D eigenvalue weighted by atomic mass is 19.2. The van der Waals surface area contributed by atoms with Crippen molar-refractivity contribution in [1.29, 1.82) is 0 Å². The first kappa shape index (κ1) is 20.3. The summed E-state index contributed by atoms with van der Waals surface area (Å²) in [4.78, 5) is 25.6. The average Bonchev–Trinajstić information content (AvgIpc) is 2.63. The number of halogens is 2. The fraction of sp³-hybridized carbons (Fsp3) is 0.263. The molecule has 0 heterocycles. The highest BCUT2D eigenvalue weighted by molar-refractivity contribution is 5.94. The van der Waals surface area contributed by atoms with E-state index in [2.05, 4.69) is 10.6 Å². The minimum Gasteiger partial charge on any atom is -0.496 e. The Morgan fingerprint density at radius 2 is 1.81 bits per heavy atom. The fourth-order valence-electron chi connectivity index (χ4n) is 2.44. The lowest BCUT2D eigenvalue weighted by atomic mass is 10.2. The van der Waals surface area contributed by atoms with Crippen LogP contribution in [0.4, 0.5) is 14.5 Å². The summed E-state index contributed by atoms with van der Waals surface area (Å²) in [6, 6.07) is 10.5. The van der Waals surface area contributed by atoms with Gasteiger partial charge in [-0.15, -0.1) is 0 Å². The van der Waals surface area contributed by atoms with Crippen molar-refractivity contribution >= 4 is 17.5 Å². The standard InChI is InChI=1S/C19H21F2N3O3/c1-24(11-13-5-3-4-6-17(13)27-2)12-19(26)22-10-18(25)23-14-7-8-15(20)16(21)9-14/h3-9H,10-12H2,1-2H3,(H,22,26)(H,23,25). The Labute approximate surface area is 156 Å². The molecule has 2 aromatic rings. The van der Waals surface area contributed by atoms with E-state index in [1.165, 1.54) is 6.07 Å². The van der Waals surface area contributed by atoms with Gasteiger partial charge in [-0.1, -0.05) is 18.2 Å². The van der Waals surface area contributed by atoms with Crippen molar-refractivity contribution in [2.45, 2.75) is 6.54 Å². The molecule has 2 aromatic carbocycles. The first-order chi connectivity index (χ1) is 12.9. The Bertz CT molecular complexity index is 815. The smallest absolute Gasteiger partial charge is 0.243 e. The van der Waals surface area contributed by atoms with Crippen molar-refractivity contribution in [1.82, 2.24) is 10.2 Å². The van der Waals surface area contributed by atoms with Gasteiger partial charge in [0.15, 0.2) is 11.6 Å². The molecule has 0 aliphatic carbocycles. The van der Waals surface area contributed by atoms with Gasteiger partial charge in [0.25, 0.3) is 0 Å². The number of nitrogens with one attached hydrogen (secondary N) is 2. The van der Waals surface area contributed by atoms with Gasteiger partial charge in [-0.3, -0.25) is 14.5 Å². The molecule has 6 nitrogen and oxygen atoms in total. The molecule has 27 heavy (non-hydrogen) atoms. The predicted octanol–water partition coefficient (Wildman–Crippen LogP) is 2.16. The SMILES string of the molecule is COc1ccccc1CN(C)CC(=O)NCC(=O)Nc1ccc(F)c(F)c1. The minimum absolute atomic E-state index is 0.0799. The second-order valence-electron chi connectivity index (χ2n) is 5.94. The third-order valence-corrected chi connectivity index (χ3v) is 3.70. The molecule has 0 fully saturated rings. The summed E-state index contributed by atoms with van der Waals surface area (Å²) in [6.45, 7) is 0.301. The Morgan fingerprint density at radius 3 is 2.52 bits per heavy atom. The second-order valence-corrected chi connectivity index (χ2v) is 5.94. The number of para-hydroxylation sites is 1. The maximum absolute atomic E-state index is 13.1. The topological polar surface area (TPSA) is 70.7 Å². The molecular weight excluding hydrogens is 356 g/mol. The molecule has 2 rings (SSSR count). The van der Waals surface area contributed by atoms with Crippen LogP contribution in [0.15, 0.2) is 42.5 Å². The van der Waals surface area contributed by atoms with Crippen LogP contribution in [0, 0.1) is 11.6 Å². The van der Waals surface area contributed by atoms with Crippen molar-refractivity contribution < 1.29 is 23.1 Å². The number of carbonyl (C=O) groups is 2. The summed E-state index contributed by atoms with van der Waals surface area (Å²) in [6.07, 6.45) is 0. The first-order valence-electron chi connectivity index (χ1n) is 8.21. The molecule has 0 spiro atoms. The Morgan fingerprint density at radius 1 is 1.07 bits per heavy atom. The van der Waals surface area contributed by atoms with Crippen LogP contribution in [0.2, 0.25) is 0 Å². The zero-order chi connectivity index (χ0) is 19.8. The minimum atomic E-state index is -1.06. The number of likely N-dealkylation sites (N-methyl/N-ethyl adjacent to an activating group) is 1. The van der Waals surface area contributed by atoms with Gasteiger partial charge in [-0.2, -0.15) is 0 Å². The number of anilines is 1. The quantitative estimate of drug-likeness (QED) is 0.740. The van der Waals surface area contributed by atoms with Crippen molar-refractivity contribution in [2.75, 3.05) is 32.6 Å². The maximum atomic E-state index is 13.1. The predicted molar refractivity (Wildman–Crippen MR) is 97.3 cm³/mol. The molecule has 2 amide bonds. The number of benzene rings is 2. The van der Waals surface area contributed by atoms with E-state index in [1.54, 1.807) is 19.1 Å². The van der Waals surface area contributed by atoms with Gasteiger partial charge in [-0.05, 0) is 25.2 Å². The van der Waals surface area contributed by atoms with E-state index in [9.17, 15) is 18.4 Å². The molecule has 144 valence electrons. The zero-order valence-electron chi connectivity index (χ0n) is 15.1. The number of ether oxygens (including phenoxy) is 1. The van der Waals surface area contributed by atoms with E-state index < -0.39 is 17.5 Å². The van der Waals surface area contributed by atoms with Crippen LogP contribution < -0.4 is 15.4 Å². The molecule has 2 N–H and O–H groups in total. The number of hydrogen-bond acceptors (Lipinski definition) is 4. The summed E-state index contributed by atoms with van der Waals surface area (Å²) >= 11 is 0. The molecule has 0 aromatic heterocycles. The van der Waals surface area contributed by atoms with Crippen LogP contribution in [-0.2, 0) is 16.1 Å². The van der Waals surface area contributed by atoms with Crippen LogP contribution in [0.1, 0.15) is 5.56 Å². The summed E-state index contributed by atoms with van der Waals surface area (Å²) < 4.78 is 31.2. The van der Waals surface area contributed by atoms with Crippen LogP contribution in [0.5, 0.6) is 5.75 Å². The summed E-state index contributed by atoms with van der Waals surface area (Å²) in [7, 11) is 3.35. The highest BCUT2D eigenvalue weighted by Crippen LogP contribution is 2.18. The molecule has 0 saturated heterocycles. The normalized spacial score (nSPS) is 10.6. The maximum Gasteiger partial charge on any atom is 0.243 e. The summed E-state index contributed by atoms with van der Waals surface area (Å²) in [5.41, 5.74) is 1.05. The lowest BCUT2D eigenvalue weighted by Gasteiger charge is -2.18.